The molecule has 0 radical (unpaired) electrons. The summed E-state index contributed by atoms with van der Waals surface area (Å²) in [6, 6.07) is 0. The van der Waals surface area contributed by atoms with Gasteiger partial charge in [0.15, 0.2) is 0 Å². The van der Waals surface area contributed by atoms with Crippen LogP contribution < -0.4 is 5.32 Å². The molecule has 0 bridgehead atoms. The molecule has 0 atom stereocenters. The zero-order valence-electron chi connectivity index (χ0n) is 8.66. The van der Waals surface area contributed by atoms with Crippen molar-refractivity contribution < 1.29 is 13.2 Å². The highest BCUT2D eigenvalue weighted by atomic mass is 32.2. The summed E-state index contributed by atoms with van der Waals surface area (Å²) in [5.74, 6) is 0.888. The van der Waals surface area contributed by atoms with Crippen molar-refractivity contribution in [1.29, 1.82) is 0 Å². The van der Waals surface area contributed by atoms with E-state index in [0.29, 0.717) is 12.5 Å². The van der Waals surface area contributed by atoms with Crippen LogP contribution in [0.1, 0.15) is 12.8 Å². The minimum Gasteiger partial charge on any atom is -0.381 e. The Labute approximate surface area is 85.9 Å². The highest BCUT2D eigenvalue weighted by molar-refractivity contribution is 7.90. The second-order valence-electron chi connectivity index (χ2n) is 3.89. The van der Waals surface area contributed by atoms with Gasteiger partial charge in [0, 0.05) is 26.0 Å². The Morgan fingerprint density at radius 2 is 2.00 bits per heavy atom. The Kier molecular flexibility index (Phi) is 4.84. The van der Waals surface area contributed by atoms with Gasteiger partial charge in [0.2, 0.25) is 0 Å². The normalized spacial score (nSPS) is 19.8. The quantitative estimate of drug-likeness (QED) is 0.666. The smallest absolute Gasteiger partial charge is 0.148 e. The molecule has 1 aliphatic heterocycles. The summed E-state index contributed by atoms with van der Waals surface area (Å²) in [4.78, 5) is 0. The van der Waals surface area contributed by atoms with Crippen molar-refractivity contribution in [2.75, 3.05) is 38.3 Å². The van der Waals surface area contributed by atoms with Gasteiger partial charge in [0.25, 0.3) is 0 Å². The van der Waals surface area contributed by atoms with Gasteiger partial charge in [-0.25, -0.2) is 8.42 Å². The Bertz CT molecular complexity index is 245. The van der Waals surface area contributed by atoms with Crippen LogP contribution in [0.5, 0.6) is 0 Å². The summed E-state index contributed by atoms with van der Waals surface area (Å²) in [6.45, 7) is 3.17. The molecule has 1 saturated heterocycles. The maximum Gasteiger partial charge on any atom is 0.148 e. The number of hydrogen-bond donors (Lipinski definition) is 1. The molecule has 0 aromatic carbocycles. The number of ether oxygens (including phenoxy) is 1. The fourth-order valence-electron chi connectivity index (χ4n) is 1.51. The molecule has 0 unspecified atom stereocenters. The van der Waals surface area contributed by atoms with Crippen molar-refractivity contribution in [3.05, 3.63) is 0 Å². The summed E-state index contributed by atoms with van der Waals surface area (Å²) in [6.07, 6.45) is 3.45. The van der Waals surface area contributed by atoms with E-state index in [9.17, 15) is 8.42 Å². The van der Waals surface area contributed by atoms with Gasteiger partial charge in [-0.3, -0.25) is 0 Å². The average Bonchev–Trinajstić information content (AvgIpc) is 2.13. The Hall–Kier alpha value is -0.130. The van der Waals surface area contributed by atoms with Crippen molar-refractivity contribution in [3.8, 4) is 0 Å². The van der Waals surface area contributed by atoms with E-state index in [-0.39, 0.29) is 5.75 Å². The van der Waals surface area contributed by atoms with Crippen molar-refractivity contribution in [1.82, 2.24) is 5.32 Å². The molecule has 1 fully saturated rings. The lowest BCUT2D eigenvalue weighted by Crippen LogP contribution is -2.30. The lowest BCUT2D eigenvalue weighted by molar-refractivity contribution is 0.0665. The molecule has 84 valence electrons. The van der Waals surface area contributed by atoms with Gasteiger partial charge in [-0.1, -0.05) is 0 Å². The number of sulfone groups is 1. The summed E-state index contributed by atoms with van der Waals surface area (Å²) >= 11 is 0. The van der Waals surface area contributed by atoms with Crippen LogP contribution in [0.4, 0.5) is 0 Å². The number of rotatable bonds is 5. The molecular formula is C9H19NO3S. The molecule has 0 aromatic rings. The predicted molar refractivity (Wildman–Crippen MR) is 56.1 cm³/mol. The van der Waals surface area contributed by atoms with Gasteiger partial charge in [0.05, 0.1) is 5.75 Å². The second kappa shape index (κ2) is 5.68. The predicted octanol–water partition coefficient (Wildman–Crippen LogP) is 0.0472. The molecule has 0 amide bonds. The van der Waals surface area contributed by atoms with Crippen molar-refractivity contribution in [2.24, 2.45) is 5.92 Å². The van der Waals surface area contributed by atoms with Crippen LogP contribution in [-0.2, 0) is 14.6 Å². The van der Waals surface area contributed by atoms with E-state index in [2.05, 4.69) is 5.32 Å². The van der Waals surface area contributed by atoms with Crippen LogP contribution in [0.15, 0.2) is 0 Å². The first-order valence-corrected chi connectivity index (χ1v) is 7.10. The van der Waals surface area contributed by atoms with Gasteiger partial charge in [-0.05, 0) is 25.3 Å². The Morgan fingerprint density at radius 1 is 1.36 bits per heavy atom. The topological polar surface area (TPSA) is 55.4 Å². The summed E-state index contributed by atoms with van der Waals surface area (Å²) in [7, 11) is -2.81. The van der Waals surface area contributed by atoms with Crippen LogP contribution >= 0.6 is 0 Å². The number of nitrogens with one attached hydrogen (secondary N) is 1. The van der Waals surface area contributed by atoms with E-state index in [1.54, 1.807) is 0 Å². The van der Waals surface area contributed by atoms with Gasteiger partial charge in [0.1, 0.15) is 9.84 Å². The SMILES string of the molecule is CS(=O)(=O)CCNCC1CCOCC1. The van der Waals surface area contributed by atoms with Crippen LogP contribution in [0.3, 0.4) is 0 Å². The molecule has 1 rings (SSSR count). The fourth-order valence-corrected chi connectivity index (χ4v) is 2.03. The van der Waals surface area contributed by atoms with Crippen LogP contribution in [-0.4, -0.2) is 46.7 Å². The van der Waals surface area contributed by atoms with Crippen molar-refractivity contribution in [2.45, 2.75) is 12.8 Å². The lowest BCUT2D eigenvalue weighted by Gasteiger charge is -2.22. The van der Waals surface area contributed by atoms with Gasteiger partial charge in [-0.15, -0.1) is 0 Å². The van der Waals surface area contributed by atoms with E-state index in [1.807, 2.05) is 0 Å². The molecule has 0 saturated carbocycles. The lowest BCUT2D eigenvalue weighted by atomic mass is 10.0. The third kappa shape index (κ3) is 5.57. The van der Waals surface area contributed by atoms with E-state index in [0.717, 1.165) is 32.6 Å². The third-order valence-corrected chi connectivity index (χ3v) is 3.37. The zero-order chi connectivity index (χ0) is 10.4. The standard InChI is InChI=1S/C9H19NO3S/c1-14(11,12)7-4-10-8-9-2-5-13-6-3-9/h9-10H,2-8H2,1H3. The van der Waals surface area contributed by atoms with Crippen molar-refractivity contribution >= 4 is 9.84 Å². The summed E-state index contributed by atoms with van der Waals surface area (Å²) in [5.41, 5.74) is 0. The van der Waals surface area contributed by atoms with E-state index < -0.39 is 9.84 Å². The zero-order valence-corrected chi connectivity index (χ0v) is 9.48. The Balaban J connectivity index is 2.03. The van der Waals surface area contributed by atoms with E-state index >= 15 is 0 Å². The first kappa shape index (κ1) is 11.9. The first-order chi connectivity index (χ1) is 6.58. The first-order valence-electron chi connectivity index (χ1n) is 5.04. The summed E-state index contributed by atoms with van der Waals surface area (Å²) in [5, 5.41) is 3.18. The van der Waals surface area contributed by atoms with Crippen LogP contribution in [0.25, 0.3) is 0 Å². The fraction of sp³-hybridized carbons (Fsp3) is 1.00. The maximum atomic E-state index is 10.8. The largest absolute Gasteiger partial charge is 0.381 e. The molecule has 1 N–H and O–H groups in total. The van der Waals surface area contributed by atoms with E-state index in [1.165, 1.54) is 6.26 Å². The average molecular weight is 221 g/mol. The monoisotopic (exact) mass is 221 g/mol. The maximum absolute atomic E-state index is 10.8. The highest BCUT2D eigenvalue weighted by Crippen LogP contribution is 2.12. The molecule has 0 aliphatic carbocycles. The van der Waals surface area contributed by atoms with Crippen LogP contribution in [0.2, 0.25) is 0 Å². The second-order valence-corrected chi connectivity index (χ2v) is 6.15. The molecule has 4 nitrogen and oxygen atoms in total. The van der Waals surface area contributed by atoms with E-state index in [4.69, 9.17) is 4.74 Å². The highest BCUT2D eigenvalue weighted by Gasteiger charge is 2.13. The molecule has 1 aliphatic rings. The molecule has 5 heteroatoms. The third-order valence-electron chi connectivity index (χ3n) is 2.42. The number of hydrogen-bond acceptors (Lipinski definition) is 4. The molecule has 0 spiro atoms. The van der Waals surface area contributed by atoms with Crippen molar-refractivity contribution in [3.63, 3.8) is 0 Å². The van der Waals surface area contributed by atoms with Gasteiger partial charge in [-0.2, -0.15) is 0 Å². The Morgan fingerprint density at radius 3 is 2.57 bits per heavy atom. The molecule has 14 heavy (non-hydrogen) atoms. The van der Waals surface area contributed by atoms with Crippen LogP contribution in [0, 0.1) is 5.92 Å². The van der Waals surface area contributed by atoms with Gasteiger partial charge < -0.3 is 10.1 Å². The molecular weight excluding hydrogens is 202 g/mol. The molecule has 1 heterocycles. The minimum absolute atomic E-state index is 0.232. The van der Waals surface area contributed by atoms with Gasteiger partial charge >= 0.3 is 0 Å². The summed E-state index contributed by atoms with van der Waals surface area (Å²) < 4.78 is 26.9. The molecule has 0 aromatic heterocycles. The minimum atomic E-state index is -2.81.